The molecular weight excluding hydrogens is 1110 g/mol. The van der Waals surface area contributed by atoms with Crippen molar-refractivity contribution >= 4 is 35.3 Å². The van der Waals surface area contributed by atoms with Crippen molar-refractivity contribution < 1.29 is 97.2 Å². The van der Waals surface area contributed by atoms with E-state index in [4.69, 9.17) is 59.0 Å². The minimum absolute atomic E-state index is 0.0186. The van der Waals surface area contributed by atoms with Crippen LogP contribution in [-0.2, 0) is 66.5 Å². The minimum Gasteiger partial charge on any atom is -0.462 e. The number of hydrogen-bond donors (Lipinski definition) is 6. The Balaban J connectivity index is 1.21. The molecule has 7 aliphatic rings. The molecule has 5 saturated heterocycles. The molecule has 20 nitrogen and oxygen atoms in total. The Labute approximate surface area is 499 Å². The van der Waals surface area contributed by atoms with E-state index >= 15 is 0 Å². The van der Waals surface area contributed by atoms with E-state index in [1.807, 2.05) is 19.1 Å². The summed E-state index contributed by atoms with van der Waals surface area (Å²) < 4.78 is 63.5. The number of methoxy groups -OCH3 is 1. The number of ether oxygens (including phenoxy) is 10. The van der Waals surface area contributed by atoms with E-state index in [1.165, 1.54) is 32.1 Å². The fraction of sp³-hybridized carbons (Fsp3) is 0.746. The molecule has 21 heteroatoms. The highest BCUT2D eigenvalue weighted by Gasteiger charge is 2.57. The summed E-state index contributed by atoms with van der Waals surface area (Å²) in [6.45, 7) is 23.3. The monoisotopic (exact) mass is 1200 g/mol. The summed E-state index contributed by atoms with van der Waals surface area (Å²) in [7, 11) is 1.58. The van der Waals surface area contributed by atoms with Crippen molar-refractivity contribution in [3.05, 3.63) is 72.4 Å². The second-order valence-corrected chi connectivity index (χ2v) is 25.9. The molecular formula is C63H93ClO20. The highest BCUT2D eigenvalue weighted by Crippen LogP contribution is 2.48. The zero-order valence-corrected chi connectivity index (χ0v) is 50.9. The van der Waals surface area contributed by atoms with Crippen molar-refractivity contribution in [2.24, 2.45) is 23.7 Å². The smallest absolute Gasteiger partial charge is 0.308 e. The van der Waals surface area contributed by atoms with Gasteiger partial charge in [-0.25, -0.2) is 0 Å². The summed E-state index contributed by atoms with van der Waals surface area (Å²) in [5.41, 5.74) is -0.458. The average molecular weight is 1210 g/mol. The Bertz CT molecular complexity index is 2440. The van der Waals surface area contributed by atoms with Crippen molar-refractivity contribution in [1.29, 1.82) is 0 Å². The number of allylic oxidation sites excluding steroid dienone is 3. The van der Waals surface area contributed by atoms with Gasteiger partial charge in [0.15, 0.2) is 11.6 Å². The average Bonchev–Trinajstić information content (AvgIpc) is 1.06. The molecule has 0 aromatic carbocycles. The second-order valence-electron chi connectivity index (χ2n) is 25.4. The minimum atomic E-state index is -2.31. The number of carbonyl (C=O) groups is 4. The van der Waals surface area contributed by atoms with Crippen LogP contribution in [0.1, 0.15) is 151 Å². The number of aliphatic hydroxyl groups is 6. The number of ketones is 1. The largest absolute Gasteiger partial charge is 0.462 e. The number of carbonyl (C=O) groups excluding carboxylic acids is 4. The lowest BCUT2D eigenvalue weighted by atomic mass is 9.78. The first kappa shape index (κ1) is 67.8. The molecule has 2 unspecified atom stereocenters. The van der Waals surface area contributed by atoms with E-state index in [0.717, 1.165) is 0 Å². The Morgan fingerprint density at radius 1 is 0.833 bits per heavy atom. The van der Waals surface area contributed by atoms with Gasteiger partial charge >= 0.3 is 17.9 Å². The molecule has 7 rings (SSSR count). The molecule has 2 spiro atoms. The van der Waals surface area contributed by atoms with Gasteiger partial charge in [-0.15, -0.1) is 0 Å². The van der Waals surface area contributed by atoms with Crippen LogP contribution in [0.15, 0.2) is 72.4 Å². The Kier molecular flexibility index (Phi) is 23.1. The third kappa shape index (κ3) is 17.8. The Hall–Kier alpha value is -3.71. The molecule has 0 aromatic rings. The molecule has 0 radical (unpaired) electrons. The maximum atomic E-state index is 14.4. The standard InChI is InChI=1S/C63H93ClO20/c1-34(21-43(67)18-17-37(4)64)22-53-55(71)57-40(7)58(78-53)59(72)63(74)20-19-35(2)52(84-63)16-14-12-13-15-45-24-44(68)29-61(80-45)31-48(75-11)25-46(81-61)27-51(69)39(6)56(77-42(9)66)38(5)36(3)23-50-30-60(10,73)33-62(83-50)32-49(76-41(8)65)26-47(82-62)28-54(70)79-57/h13,15,17-20,35,38-40,43-50,52-53,55-59,67-68,71-74H,1,3-4,12,14,16,21-33H2,2,5-11H3/b15-13-,18-17+/t35-,38-,39-,40-,43-,44+,45+,46?,47+,48+,49+,50-,52-,53-,55-,56+,57?,58-,59+,60-,61-,62-,63-/m1/s1. The van der Waals surface area contributed by atoms with Crippen molar-refractivity contribution in [1.82, 2.24) is 0 Å². The van der Waals surface area contributed by atoms with Gasteiger partial charge in [-0.1, -0.05) is 94.5 Å². The molecule has 0 aromatic heterocycles. The fourth-order valence-corrected chi connectivity index (χ4v) is 13.8. The van der Waals surface area contributed by atoms with Crippen LogP contribution >= 0.6 is 11.6 Å². The second kappa shape index (κ2) is 28.6. The van der Waals surface area contributed by atoms with Crippen LogP contribution in [0.4, 0.5) is 0 Å². The van der Waals surface area contributed by atoms with Crippen molar-refractivity contribution in [3.63, 3.8) is 0 Å². The van der Waals surface area contributed by atoms with Gasteiger partial charge in [0.05, 0.1) is 79.0 Å². The first-order chi connectivity index (χ1) is 39.4. The lowest BCUT2D eigenvalue weighted by molar-refractivity contribution is -0.349. The van der Waals surface area contributed by atoms with Gasteiger partial charge < -0.3 is 78.0 Å². The molecule has 0 saturated carbocycles. The number of aliphatic hydroxyl groups excluding tert-OH is 4. The summed E-state index contributed by atoms with van der Waals surface area (Å²) in [5, 5.41) is 70.9. The van der Waals surface area contributed by atoms with E-state index in [2.05, 4.69) is 19.7 Å². The van der Waals surface area contributed by atoms with E-state index in [1.54, 1.807) is 40.9 Å². The van der Waals surface area contributed by atoms with Crippen LogP contribution in [0, 0.1) is 23.7 Å². The maximum Gasteiger partial charge on any atom is 0.308 e. The Morgan fingerprint density at radius 2 is 1.50 bits per heavy atom. The van der Waals surface area contributed by atoms with Crippen molar-refractivity contribution in [3.8, 4) is 0 Å². The molecule has 10 bridgehead atoms. The van der Waals surface area contributed by atoms with Crippen LogP contribution in [0.25, 0.3) is 0 Å². The molecule has 7 heterocycles. The van der Waals surface area contributed by atoms with Gasteiger partial charge in [0.1, 0.15) is 36.3 Å². The van der Waals surface area contributed by atoms with Gasteiger partial charge in [0, 0.05) is 102 Å². The number of esters is 3. The summed E-state index contributed by atoms with van der Waals surface area (Å²) in [5.74, 6) is -10.1. The lowest BCUT2D eigenvalue weighted by Gasteiger charge is -2.52. The quantitative estimate of drug-likeness (QED) is 0.0605. The van der Waals surface area contributed by atoms with E-state index < -0.39 is 151 Å². The molecule has 7 aliphatic heterocycles. The van der Waals surface area contributed by atoms with Gasteiger partial charge in [-0.3, -0.25) is 19.2 Å². The van der Waals surface area contributed by atoms with Gasteiger partial charge in [0.2, 0.25) is 5.79 Å². The third-order valence-corrected chi connectivity index (χ3v) is 17.9. The van der Waals surface area contributed by atoms with Gasteiger partial charge in [-0.05, 0) is 57.6 Å². The molecule has 0 amide bonds. The SMILES string of the molecule is C=C(Cl)/C=C/[C@@H](O)CC(=C)C[C@H]1O[C@@H]2[C@H](C)C(OC(=O)C[C@@H]3C[C@H](OC(C)=O)C[C@@]4(C[C@](C)(O)C[C@@H](CC(=C)[C@@H](C)[C@H](OC(C)=O)[C@H](C)C(=O)CC5C[C@H](OC)C[C@@]6(C[C@@H](O)C[C@H](/C=C\CCC[C@H]7O[C@](O)(C=C[C@H]7C)[C@H]2O)O6)O5)O4)O3)[C@@H]1O. The van der Waals surface area contributed by atoms with Gasteiger partial charge in [0.25, 0.3) is 0 Å². The number of rotatable bonds is 9. The lowest BCUT2D eigenvalue weighted by Crippen LogP contribution is -2.63. The summed E-state index contributed by atoms with van der Waals surface area (Å²) in [6, 6.07) is 0. The molecule has 0 aliphatic carbocycles. The maximum absolute atomic E-state index is 14.4. The van der Waals surface area contributed by atoms with Crippen LogP contribution in [0.5, 0.6) is 0 Å². The van der Waals surface area contributed by atoms with Crippen LogP contribution in [0.2, 0.25) is 0 Å². The summed E-state index contributed by atoms with van der Waals surface area (Å²) in [4.78, 5) is 54.3. The molecule has 84 heavy (non-hydrogen) atoms. The highest BCUT2D eigenvalue weighted by molar-refractivity contribution is 6.30. The topological polar surface area (TPSA) is 282 Å². The number of fused-ring (bicyclic) bond motifs is 8. The first-order valence-corrected chi connectivity index (χ1v) is 30.3. The summed E-state index contributed by atoms with van der Waals surface area (Å²) >= 11 is 5.89. The van der Waals surface area contributed by atoms with Crippen LogP contribution < -0.4 is 0 Å². The zero-order chi connectivity index (χ0) is 61.6. The van der Waals surface area contributed by atoms with E-state index in [0.29, 0.717) is 49.7 Å². The van der Waals surface area contributed by atoms with Crippen molar-refractivity contribution in [2.75, 3.05) is 7.11 Å². The summed E-state index contributed by atoms with van der Waals surface area (Å²) in [6.07, 6.45) is -2.73. The zero-order valence-electron chi connectivity index (χ0n) is 50.1. The predicted molar refractivity (Wildman–Crippen MR) is 306 cm³/mol. The van der Waals surface area contributed by atoms with E-state index in [-0.39, 0.29) is 80.6 Å². The van der Waals surface area contributed by atoms with E-state index in [9.17, 15) is 49.8 Å². The fourth-order valence-electron chi connectivity index (χ4n) is 13.7. The number of halogens is 1. The Morgan fingerprint density at radius 3 is 2.19 bits per heavy atom. The molecule has 6 N–H and O–H groups in total. The normalized spacial score (nSPS) is 43.8. The van der Waals surface area contributed by atoms with Crippen LogP contribution in [-0.4, -0.2) is 176 Å². The predicted octanol–water partition coefficient (Wildman–Crippen LogP) is 6.72. The van der Waals surface area contributed by atoms with Crippen LogP contribution in [0.3, 0.4) is 0 Å². The third-order valence-electron chi connectivity index (χ3n) is 17.8. The first-order valence-electron chi connectivity index (χ1n) is 29.9. The molecule has 23 atom stereocenters. The number of Topliss-reactive ketones (excluding diaryl/α,β-unsaturated/α-hetero) is 1. The molecule has 5 fully saturated rings. The highest BCUT2D eigenvalue weighted by atomic mass is 35.5. The van der Waals surface area contributed by atoms with Crippen molar-refractivity contribution in [2.45, 2.75) is 266 Å². The number of hydrogen-bond acceptors (Lipinski definition) is 20. The molecule has 472 valence electrons. The van der Waals surface area contributed by atoms with Gasteiger partial charge in [-0.2, -0.15) is 0 Å².